The second-order valence-electron chi connectivity index (χ2n) is 3.27. The van der Waals surface area contributed by atoms with E-state index in [4.69, 9.17) is 10.5 Å². The highest BCUT2D eigenvalue weighted by Gasteiger charge is 1.97. The molecular weight excluding hydrogens is 242 g/mol. The van der Waals surface area contributed by atoms with Crippen molar-refractivity contribution >= 4 is 15.9 Å². The minimum atomic E-state index is 0.505. The second-order valence-corrected chi connectivity index (χ2v) is 4.83. The molecule has 0 bridgehead atoms. The Labute approximate surface area is 93.6 Å². The first-order chi connectivity index (χ1) is 6.72. The van der Waals surface area contributed by atoms with Gasteiger partial charge in [0.05, 0.1) is 6.61 Å². The van der Waals surface area contributed by atoms with Crippen LogP contribution in [0.3, 0.4) is 0 Å². The van der Waals surface area contributed by atoms with Crippen molar-refractivity contribution in [2.24, 2.45) is 5.73 Å². The van der Waals surface area contributed by atoms with Crippen molar-refractivity contribution < 1.29 is 4.74 Å². The van der Waals surface area contributed by atoms with Crippen LogP contribution >= 0.6 is 15.9 Å². The van der Waals surface area contributed by atoms with E-state index in [9.17, 15) is 0 Å². The van der Waals surface area contributed by atoms with E-state index in [0.717, 1.165) is 24.3 Å². The van der Waals surface area contributed by atoms with E-state index in [1.54, 1.807) is 0 Å². The number of hydrogen-bond acceptors (Lipinski definition) is 2. The maximum Gasteiger partial charge on any atom is 0.119 e. The van der Waals surface area contributed by atoms with Crippen molar-refractivity contribution in [1.29, 1.82) is 0 Å². The predicted molar refractivity (Wildman–Crippen MR) is 62.8 cm³/mol. The Balaban J connectivity index is 2.36. The fourth-order valence-corrected chi connectivity index (χ4v) is 1.25. The molecule has 0 amide bonds. The van der Waals surface area contributed by atoms with Gasteiger partial charge in [0.15, 0.2) is 0 Å². The molecule has 78 valence electrons. The quantitative estimate of drug-likeness (QED) is 0.824. The third-order valence-electron chi connectivity index (χ3n) is 1.94. The number of halogens is 1. The molecule has 0 aliphatic rings. The number of rotatable bonds is 5. The maximum absolute atomic E-state index is 5.55. The summed E-state index contributed by atoms with van der Waals surface area (Å²) >= 11 is 3.47. The summed E-state index contributed by atoms with van der Waals surface area (Å²) in [5.74, 6) is 0.912. The lowest BCUT2D eigenvalue weighted by Crippen LogP contribution is -2.03. The molecule has 0 aliphatic carbocycles. The number of ether oxygens (including phenoxy) is 1. The lowest BCUT2D eigenvalue weighted by atomic mass is 10.2. The van der Waals surface area contributed by atoms with E-state index in [2.05, 4.69) is 22.9 Å². The summed E-state index contributed by atoms with van der Waals surface area (Å²) in [5, 5.41) is 0. The Morgan fingerprint density at radius 3 is 2.50 bits per heavy atom. The summed E-state index contributed by atoms with van der Waals surface area (Å²) in [7, 11) is 0. The van der Waals surface area contributed by atoms with Gasteiger partial charge < -0.3 is 10.5 Å². The van der Waals surface area contributed by atoms with Crippen molar-refractivity contribution in [3.8, 4) is 5.75 Å². The lowest BCUT2D eigenvalue weighted by molar-refractivity contribution is 0.312. The molecule has 1 rings (SSSR count). The van der Waals surface area contributed by atoms with Crippen LogP contribution in [0.25, 0.3) is 0 Å². The highest BCUT2D eigenvalue weighted by Crippen LogP contribution is 2.13. The number of alkyl halides is 1. The average Bonchev–Trinajstić information content (AvgIpc) is 2.18. The molecule has 0 radical (unpaired) electrons. The number of hydrogen-bond donors (Lipinski definition) is 1. The lowest BCUT2D eigenvalue weighted by Gasteiger charge is -2.07. The van der Waals surface area contributed by atoms with Gasteiger partial charge >= 0.3 is 0 Å². The molecule has 0 fully saturated rings. The highest BCUT2D eigenvalue weighted by molar-refractivity contribution is 9.09. The molecule has 2 N–H and O–H groups in total. The van der Waals surface area contributed by atoms with Crippen LogP contribution in [0, 0.1) is 0 Å². The molecule has 1 atom stereocenters. The predicted octanol–water partition coefficient (Wildman–Crippen LogP) is 2.70. The summed E-state index contributed by atoms with van der Waals surface area (Å²) in [4.78, 5) is 0.505. The Morgan fingerprint density at radius 2 is 2.00 bits per heavy atom. The van der Waals surface area contributed by atoms with E-state index in [0.29, 0.717) is 11.4 Å². The maximum atomic E-state index is 5.55. The fraction of sp³-hybridized carbons (Fsp3) is 0.455. The first-order valence-electron chi connectivity index (χ1n) is 4.78. The van der Waals surface area contributed by atoms with Crippen molar-refractivity contribution in [3.05, 3.63) is 29.8 Å². The van der Waals surface area contributed by atoms with Crippen molar-refractivity contribution in [3.63, 3.8) is 0 Å². The van der Waals surface area contributed by atoms with Crippen molar-refractivity contribution in [1.82, 2.24) is 0 Å². The second kappa shape index (κ2) is 6.04. The molecule has 3 heteroatoms. The Morgan fingerprint density at radius 1 is 1.36 bits per heavy atom. The molecule has 1 aromatic rings. The smallest absolute Gasteiger partial charge is 0.119 e. The van der Waals surface area contributed by atoms with E-state index < -0.39 is 0 Å². The summed E-state index contributed by atoms with van der Waals surface area (Å²) in [6.07, 6.45) is 1.01. The topological polar surface area (TPSA) is 35.2 Å². The van der Waals surface area contributed by atoms with Gasteiger partial charge in [0.1, 0.15) is 5.75 Å². The monoisotopic (exact) mass is 257 g/mol. The van der Waals surface area contributed by atoms with Gasteiger partial charge in [-0.3, -0.25) is 0 Å². The third kappa shape index (κ3) is 4.11. The third-order valence-corrected chi connectivity index (χ3v) is 2.40. The van der Waals surface area contributed by atoms with Crippen molar-refractivity contribution in [2.75, 3.05) is 6.61 Å². The summed E-state index contributed by atoms with van der Waals surface area (Å²) in [6.45, 7) is 3.44. The SMILES string of the molecule is CC(Br)CCOc1ccc(CN)cc1. The van der Waals surface area contributed by atoms with Gasteiger partial charge in [-0.1, -0.05) is 35.0 Å². The van der Waals surface area contributed by atoms with Crippen LogP contribution in [-0.4, -0.2) is 11.4 Å². The standard InChI is InChI=1S/C11H16BrNO/c1-9(12)6-7-14-11-4-2-10(8-13)3-5-11/h2-5,9H,6-8,13H2,1H3. The molecule has 1 aromatic carbocycles. The van der Waals surface area contributed by atoms with Crippen LogP contribution in [0.1, 0.15) is 18.9 Å². The molecule has 0 saturated carbocycles. The van der Waals surface area contributed by atoms with E-state index >= 15 is 0 Å². The zero-order valence-corrected chi connectivity index (χ0v) is 9.96. The Bertz CT molecular complexity index is 258. The van der Waals surface area contributed by atoms with Crippen LogP contribution in [0.15, 0.2) is 24.3 Å². The number of nitrogens with two attached hydrogens (primary N) is 1. The highest BCUT2D eigenvalue weighted by atomic mass is 79.9. The fourth-order valence-electron chi connectivity index (χ4n) is 1.06. The molecule has 0 heterocycles. The molecule has 14 heavy (non-hydrogen) atoms. The van der Waals surface area contributed by atoms with Crippen molar-refractivity contribution in [2.45, 2.75) is 24.7 Å². The minimum absolute atomic E-state index is 0.505. The first-order valence-corrected chi connectivity index (χ1v) is 5.70. The van der Waals surface area contributed by atoms with Crippen LogP contribution in [0.5, 0.6) is 5.75 Å². The molecule has 0 aliphatic heterocycles. The van der Waals surface area contributed by atoms with Crippen LogP contribution in [-0.2, 0) is 6.54 Å². The van der Waals surface area contributed by atoms with Gasteiger partial charge in [-0.15, -0.1) is 0 Å². The van der Waals surface area contributed by atoms with Gasteiger partial charge in [0, 0.05) is 11.4 Å². The van der Waals surface area contributed by atoms with Crippen LogP contribution in [0.4, 0.5) is 0 Å². The van der Waals surface area contributed by atoms with Gasteiger partial charge in [0.25, 0.3) is 0 Å². The molecule has 1 unspecified atom stereocenters. The summed E-state index contributed by atoms with van der Waals surface area (Å²) < 4.78 is 5.55. The van der Waals surface area contributed by atoms with E-state index in [1.165, 1.54) is 0 Å². The largest absolute Gasteiger partial charge is 0.494 e. The zero-order valence-electron chi connectivity index (χ0n) is 8.37. The molecule has 0 aromatic heterocycles. The van der Waals surface area contributed by atoms with Gasteiger partial charge in [-0.2, -0.15) is 0 Å². The summed E-state index contributed by atoms with van der Waals surface area (Å²) in [5.41, 5.74) is 6.62. The van der Waals surface area contributed by atoms with Crippen LogP contribution in [0.2, 0.25) is 0 Å². The molecule has 0 saturated heterocycles. The molecule has 2 nitrogen and oxygen atoms in total. The van der Waals surface area contributed by atoms with E-state index in [1.807, 2.05) is 24.3 Å². The number of benzene rings is 1. The first kappa shape index (κ1) is 11.5. The van der Waals surface area contributed by atoms with E-state index in [-0.39, 0.29) is 0 Å². The zero-order chi connectivity index (χ0) is 10.4. The van der Waals surface area contributed by atoms with Gasteiger partial charge in [-0.25, -0.2) is 0 Å². The average molecular weight is 258 g/mol. The van der Waals surface area contributed by atoms with Gasteiger partial charge in [-0.05, 0) is 24.1 Å². The Kier molecular flexibility index (Phi) is 4.98. The molecular formula is C11H16BrNO. The van der Waals surface area contributed by atoms with Crippen LogP contribution < -0.4 is 10.5 Å². The normalized spacial score (nSPS) is 12.5. The minimum Gasteiger partial charge on any atom is -0.494 e. The molecule has 0 spiro atoms. The summed E-state index contributed by atoms with van der Waals surface area (Å²) in [6, 6.07) is 7.90. The Hall–Kier alpha value is -0.540. The van der Waals surface area contributed by atoms with Gasteiger partial charge in [0.2, 0.25) is 0 Å².